The van der Waals surface area contributed by atoms with Crippen LogP contribution in [0.15, 0.2) is 0 Å². The zero-order valence-corrected chi connectivity index (χ0v) is 16.3. The van der Waals surface area contributed by atoms with E-state index in [2.05, 4.69) is 24.1 Å². The smallest absolute Gasteiger partial charge is 0.325 e. The van der Waals surface area contributed by atoms with Crippen molar-refractivity contribution in [1.29, 1.82) is 0 Å². The van der Waals surface area contributed by atoms with Gasteiger partial charge < -0.3 is 15.1 Å². The van der Waals surface area contributed by atoms with Crippen LogP contribution in [0.2, 0.25) is 0 Å². The summed E-state index contributed by atoms with van der Waals surface area (Å²) in [5, 5.41) is 3.01. The first-order valence-electron chi connectivity index (χ1n) is 10.0. The van der Waals surface area contributed by atoms with Crippen molar-refractivity contribution in [1.82, 2.24) is 20.0 Å². The molecular weight excluding hydrogens is 332 g/mol. The Morgan fingerprint density at radius 3 is 2.54 bits per heavy atom. The second-order valence-electron chi connectivity index (χ2n) is 8.37. The number of nitrogens with one attached hydrogen (secondary N) is 1. The largest absolute Gasteiger partial charge is 0.341 e. The van der Waals surface area contributed by atoms with Gasteiger partial charge in [-0.1, -0.05) is 20.8 Å². The minimum Gasteiger partial charge on any atom is -0.341 e. The fourth-order valence-electron chi connectivity index (χ4n) is 4.56. The maximum absolute atomic E-state index is 13.2. The van der Waals surface area contributed by atoms with Crippen molar-refractivity contribution in [2.24, 2.45) is 5.92 Å². The van der Waals surface area contributed by atoms with Crippen molar-refractivity contribution < 1.29 is 14.4 Å². The molecule has 4 amide bonds. The lowest BCUT2D eigenvalue weighted by atomic mass is 9.86. The van der Waals surface area contributed by atoms with Gasteiger partial charge in [0.05, 0.1) is 6.04 Å². The van der Waals surface area contributed by atoms with Gasteiger partial charge in [0.2, 0.25) is 5.91 Å². The van der Waals surface area contributed by atoms with Crippen LogP contribution in [-0.2, 0) is 9.59 Å². The zero-order chi connectivity index (χ0) is 18.9. The van der Waals surface area contributed by atoms with Gasteiger partial charge in [-0.3, -0.25) is 14.5 Å². The first kappa shape index (κ1) is 19.1. The van der Waals surface area contributed by atoms with Gasteiger partial charge in [-0.15, -0.1) is 0 Å². The quantitative estimate of drug-likeness (QED) is 0.766. The maximum Gasteiger partial charge on any atom is 0.325 e. The predicted molar refractivity (Wildman–Crippen MR) is 98.5 cm³/mol. The van der Waals surface area contributed by atoms with Crippen LogP contribution in [0.1, 0.15) is 52.9 Å². The van der Waals surface area contributed by atoms with Crippen LogP contribution < -0.4 is 5.32 Å². The van der Waals surface area contributed by atoms with Gasteiger partial charge in [0.25, 0.3) is 5.91 Å². The van der Waals surface area contributed by atoms with E-state index in [1.807, 2.05) is 6.92 Å². The summed E-state index contributed by atoms with van der Waals surface area (Å²) in [5.41, 5.74) is -0.735. The molecule has 3 saturated heterocycles. The summed E-state index contributed by atoms with van der Waals surface area (Å²) in [7, 11) is 0. The molecule has 0 aliphatic carbocycles. The fraction of sp³-hybridized carbons (Fsp3) is 0.842. The molecule has 7 heteroatoms. The highest BCUT2D eigenvalue weighted by Crippen LogP contribution is 2.32. The average Bonchev–Trinajstić information content (AvgIpc) is 2.86. The van der Waals surface area contributed by atoms with Gasteiger partial charge in [0, 0.05) is 39.1 Å². The summed E-state index contributed by atoms with van der Waals surface area (Å²) in [4.78, 5) is 43.4. The summed E-state index contributed by atoms with van der Waals surface area (Å²) >= 11 is 0. The molecule has 7 nitrogen and oxygen atoms in total. The number of urea groups is 1. The van der Waals surface area contributed by atoms with Crippen LogP contribution in [0.3, 0.4) is 0 Å². The molecule has 1 N–H and O–H groups in total. The maximum atomic E-state index is 13.2. The van der Waals surface area contributed by atoms with Crippen LogP contribution in [0.4, 0.5) is 4.79 Å². The number of hydrogen-bond acceptors (Lipinski definition) is 4. The molecule has 1 spiro atoms. The first-order chi connectivity index (χ1) is 12.4. The molecule has 0 aromatic heterocycles. The Morgan fingerprint density at radius 2 is 1.92 bits per heavy atom. The van der Waals surface area contributed by atoms with Crippen LogP contribution >= 0.6 is 0 Å². The van der Waals surface area contributed by atoms with Crippen LogP contribution in [0.5, 0.6) is 0 Å². The molecule has 0 saturated carbocycles. The number of carbonyl (C=O) groups excluding carboxylic acids is 3. The number of likely N-dealkylation sites (tertiary alicyclic amines) is 2. The highest BCUT2D eigenvalue weighted by molar-refractivity contribution is 6.07. The van der Waals surface area contributed by atoms with E-state index in [4.69, 9.17) is 0 Å². The minimum atomic E-state index is -0.735. The minimum absolute atomic E-state index is 0.0810. The molecule has 1 atom stereocenters. The van der Waals surface area contributed by atoms with Crippen molar-refractivity contribution in [3.8, 4) is 0 Å². The zero-order valence-electron chi connectivity index (χ0n) is 16.3. The van der Waals surface area contributed by atoms with E-state index >= 15 is 0 Å². The van der Waals surface area contributed by atoms with Crippen LogP contribution in [-0.4, -0.2) is 76.8 Å². The Morgan fingerprint density at radius 1 is 1.23 bits per heavy atom. The van der Waals surface area contributed by atoms with E-state index in [-0.39, 0.29) is 23.9 Å². The van der Waals surface area contributed by atoms with Crippen molar-refractivity contribution in [3.05, 3.63) is 0 Å². The molecule has 1 unspecified atom stereocenters. The summed E-state index contributed by atoms with van der Waals surface area (Å²) in [5.74, 6) is 0.611. The topological polar surface area (TPSA) is 73.0 Å². The van der Waals surface area contributed by atoms with Gasteiger partial charge in [0.15, 0.2) is 0 Å². The Balaban J connectivity index is 1.67. The van der Waals surface area contributed by atoms with Crippen LogP contribution in [0, 0.1) is 5.92 Å². The van der Waals surface area contributed by atoms with Crippen LogP contribution in [0.25, 0.3) is 0 Å². The number of nitrogens with zero attached hydrogens (tertiary/aromatic N) is 3. The van der Waals surface area contributed by atoms with Gasteiger partial charge in [-0.05, 0) is 31.6 Å². The molecule has 146 valence electrons. The van der Waals surface area contributed by atoms with Crippen molar-refractivity contribution in [2.75, 3.05) is 32.7 Å². The third-order valence-corrected chi connectivity index (χ3v) is 5.94. The molecule has 0 aromatic carbocycles. The molecule has 0 aromatic rings. The highest BCUT2D eigenvalue weighted by atomic mass is 16.2. The van der Waals surface area contributed by atoms with Gasteiger partial charge in [-0.2, -0.15) is 0 Å². The number of piperidine rings is 2. The molecular formula is C19H32N4O3. The summed E-state index contributed by atoms with van der Waals surface area (Å²) in [6.07, 6.45) is 3.42. The summed E-state index contributed by atoms with van der Waals surface area (Å²) < 4.78 is 0. The Bertz CT molecular complexity index is 569. The molecule has 3 fully saturated rings. The van der Waals surface area contributed by atoms with E-state index < -0.39 is 5.54 Å². The second kappa shape index (κ2) is 7.55. The second-order valence-corrected chi connectivity index (χ2v) is 8.37. The molecule has 3 aliphatic rings. The third kappa shape index (κ3) is 3.59. The first-order valence-corrected chi connectivity index (χ1v) is 10.0. The van der Waals surface area contributed by atoms with Crippen molar-refractivity contribution in [3.63, 3.8) is 0 Å². The summed E-state index contributed by atoms with van der Waals surface area (Å²) in [6, 6.07) is -0.470. The molecule has 3 aliphatic heterocycles. The molecule has 3 heterocycles. The number of carbonyl (C=O) groups is 3. The Hall–Kier alpha value is -1.63. The number of rotatable bonds is 4. The molecule has 26 heavy (non-hydrogen) atoms. The standard InChI is InChI=1S/C19H32N4O3/c1-4-16(24)22-9-5-6-15(13-22)23-17(25)19(20-18(23)26)7-10-21(11-8-19)12-14(2)3/h14-15H,4-13H2,1-3H3,(H,20,26). The SMILES string of the molecule is CCC(=O)N1CCCC(N2C(=O)NC3(CCN(CC(C)C)CC3)C2=O)C1. The lowest BCUT2D eigenvalue weighted by Gasteiger charge is -2.39. The van der Waals surface area contributed by atoms with E-state index in [9.17, 15) is 14.4 Å². The fourth-order valence-corrected chi connectivity index (χ4v) is 4.56. The summed E-state index contributed by atoms with van der Waals surface area (Å²) in [6.45, 7) is 10.1. The molecule has 0 radical (unpaired) electrons. The monoisotopic (exact) mass is 364 g/mol. The molecule has 3 rings (SSSR count). The Labute approximate surface area is 156 Å². The van der Waals surface area contributed by atoms with Crippen molar-refractivity contribution in [2.45, 2.75) is 64.5 Å². The lowest BCUT2D eigenvalue weighted by Crippen LogP contribution is -2.56. The Kier molecular flexibility index (Phi) is 5.55. The predicted octanol–water partition coefficient (Wildman–Crippen LogP) is 1.43. The van der Waals surface area contributed by atoms with Gasteiger partial charge in [0.1, 0.15) is 5.54 Å². The van der Waals surface area contributed by atoms with Gasteiger partial charge >= 0.3 is 6.03 Å². The van der Waals surface area contributed by atoms with E-state index in [0.29, 0.717) is 31.7 Å². The van der Waals surface area contributed by atoms with Gasteiger partial charge in [-0.25, -0.2) is 4.79 Å². The van der Waals surface area contributed by atoms with Crippen molar-refractivity contribution >= 4 is 17.8 Å². The number of hydrogen-bond donors (Lipinski definition) is 1. The van der Waals surface area contributed by atoms with E-state index in [1.54, 1.807) is 4.90 Å². The lowest BCUT2D eigenvalue weighted by molar-refractivity contribution is -0.139. The van der Waals surface area contributed by atoms with E-state index in [0.717, 1.165) is 39.0 Å². The number of imide groups is 1. The third-order valence-electron chi connectivity index (χ3n) is 5.94. The normalized spacial score (nSPS) is 26.7. The average molecular weight is 364 g/mol. The highest BCUT2D eigenvalue weighted by Gasteiger charge is 2.54. The molecule has 0 bridgehead atoms. The number of amides is 4. The van der Waals surface area contributed by atoms with E-state index in [1.165, 1.54) is 4.90 Å².